The first-order valence-electron chi connectivity index (χ1n) is 11.2. The van der Waals surface area contributed by atoms with E-state index in [1.165, 1.54) is 6.07 Å². The van der Waals surface area contributed by atoms with Crippen LogP contribution in [0.2, 0.25) is 0 Å². The van der Waals surface area contributed by atoms with E-state index in [2.05, 4.69) is 25.2 Å². The molecule has 2 saturated carbocycles. The maximum atomic E-state index is 13.2. The Balaban J connectivity index is 1.38. The van der Waals surface area contributed by atoms with Crippen LogP contribution < -0.4 is 5.32 Å². The third-order valence-corrected chi connectivity index (χ3v) is 8.88. The second-order valence-electron chi connectivity index (χ2n) is 10.7. The number of anilines is 1. The van der Waals surface area contributed by atoms with Crippen LogP contribution in [-0.4, -0.2) is 33.6 Å². The van der Waals surface area contributed by atoms with Crippen LogP contribution in [0.5, 0.6) is 11.5 Å². The van der Waals surface area contributed by atoms with Gasteiger partial charge in [0.15, 0.2) is 5.78 Å². The largest absolute Gasteiger partial charge is 0.506 e. The molecule has 31 heavy (non-hydrogen) atoms. The molecule has 6 unspecified atom stereocenters. The molecule has 2 saturated heterocycles. The maximum Gasteiger partial charge on any atom is 0.224 e. The van der Waals surface area contributed by atoms with E-state index in [9.17, 15) is 19.8 Å². The fraction of sp³-hybridized carbons (Fsp3) is 0.600. The predicted octanol–water partition coefficient (Wildman–Crippen LogP) is 4.09. The number of aromatic hydroxyl groups is 2. The number of carbonyl (C=O) groups is 2. The van der Waals surface area contributed by atoms with Gasteiger partial charge in [0.1, 0.15) is 17.2 Å². The van der Waals surface area contributed by atoms with Gasteiger partial charge in [-0.3, -0.25) is 9.59 Å². The van der Waals surface area contributed by atoms with Gasteiger partial charge in [-0.25, -0.2) is 0 Å². The molecule has 1 aromatic rings. The monoisotopic (exact) mass is 425 g/mol. The summed E-state index contributed by atoms with van der Waals surface area (Å²) >= 11 is 0. The van der Waals surface area contributed by atoms with E-state index in [1.807, 2.05) is 6.92 Å². The molecule has 6 heteroatoms. The molecule has 6 rings (SSSR count). The third kappa shape index (κ3) is 2.67. The number of amides is 1. The average molecular weight is 426 g/mol. The fourth-order valence-electron chi connectivity index (χ4n) is 7.41. The van der Waals surface area contributed by atoms with Gasteiger partial charge in [0.25, 0.3) is 0 Å². The number of hydrogen-bond acceptors (Lipinski definition) is 5. The molecule has 1 spiro atoms. The van der Waals surface area contributed by atoms with E-state index in [0.29, 0.717) is 23.8 Å². The summed E-state index contributed by atoms with van der Waals surface area (Å²) in [5.74, 6) is 0.390. The molecule has 2 aliphatic heterocycles. The van der Waals surface area contributed by atoms with Crippen molar-refractivity contribution >= 4 is 17.4 Å². The number of ether oxygens (including phenoxy) is 1. The van der Waals surface area contributed by atoms with Crippen molar-refractivity contribution in [3.8, 4) is 11.5 Å². The highest BCUT2D eigenvalue weighted by atomic mass is 16.5. The van der Waals surface area contributed by atoms with Crippen molar-refractivity contribution in [3.05, 3.63) is 29.8 Å². The molecule has 7 atom stereocenters. The lowest BCUT2D eigenvalue weighted by molar-refractivity contribution is -0.174. The van der Waals surface area contributed by atoms with Gasteiger partial charge >= 0.3 is 0 Å². The van der Waals surface area contributed by atoms with Crippen LogP contribution in [0, 0.1) is 35.5 Å². The molecule has 6 nitrogen and oxygen atoms in total. The SMILES string of the molecule is Cc1ccc(O)c(NC(=O)CCC2(C)C(=O)C=CC34CC5[C@H](C)C(OC5(C)C3)C42)c1O. The minimum Gasteiger partial charge on any atom is -0.506 e. The van der Waals surface area contributed by atoms with Crippen molar-refractivity contribution < 1.29 is 24.5 Å². The zero-order valence-electron chi connectivity index (χ0n) is 18.6. The van der Waals surface area contributed by atoms with Crippen molar-refractivity contribution in [1.82, 2.24) is 0 Å². The Morgan fingerprint density at radius 3 is 2.74 bits per heavy atom. The van der Waals surface area contributed by atoms with Crippen molar-refractivity contribution in [2.24, 2.45) is 28.6 Å². The molecule has 4 fully saturated rings. The second-order valence-corrected chi connectivity index (χ2v) is 10.7. The number of carbonyl (C=O) groups excluding carboxylic acids is 2. The van der Waals surface area contributed by atoms with E-state index in [0.717, 1.165) is 12.8 Å². The number of allylic oxidation sites excluding steroid dienone is 2. The van der Waals surface area contributed by atoms with Crippen molar-refractivity contribution in [2.75, 3.05) is 5.32 Å². The van der Waals surface area contributed by atoms with Crippen LogP contribution in [0.4, 0.5) is 5.69 Å². The van der Waals surface area contributed by atoms with E-state index in [4.69, 9.17) is 4.74 Å². The first kappa shape index (κ1) is 20.6. The molecule has 0 radical (unpaired) electrons. The van der Waals surface area contributed by atoms with Gasteiger partial charge in [0.05, 0.1) is 11.7 Å². The second kappa shape index (κ2) is 6.35. The van der Waals surface area contributed by atoms with Gasteiger partial charge in [-0.2, -0.15) is 0 Å². The van der Waals surface area contributed by atoms with E-state index < -0.39 is 5.41 Å². The zero-order chi connectivity index (χ0) is 22.3. The summed E-state index contributed by atoms with van der Waals surface area (Å²) in [6.07, 6.45) is 6.42. The molecular formula is C25H31NO5. The van der Waals surface area contributed by atoms with E-state index in [1.54, 1.807) is 19.1 Å². The van der Waals surface area contributed by atoms with Crippen LogP contribution in [-0.2, 0) is 14.3 Å². The van der Waals surface area contributed by atoms with Gasteiger partial charge in [-0.05, 0) is 68.1 Å². The molecule has 4 bridgehead atoms. The molecule has 3 aliphatic carbocycles. The van der Waals surface area contributed by atoms with Gasteiger partial charge in [-0.15, -0.1) is 0 Å². The minimum absolute atomic E-state index is 0.0181. The van der Waals surface area contributed by atoms with Crippen molar-refractivity contribution in [3.63, 3.8) is 0 Å². The average Bonchev–Trinajstić information content (AvgIpc) is 3.05. The van der Waals surface area contributed by atoms with Gasteiger partial charge in [0.2, 0.25) is 5.91 Å². The zero-order valence-corrected chi connectivity index (χ0v) is 18.6. The Kier molecular flexibility index (Phi) is 4.21. The van der Waals surface area contributed by atoms with Gasteiger partial charge in [0, 0.05) is 17.8 Å². The fourth-order valence-corrected chi connectivity index (χ4v) is 7.41. The molecule has 5 aliphatic rings. The standard InChI is InChI=1S/C25H31NO5/c1-13-5-6-16(27)19(20(13)30)26-18(29)8-9-23(3)17(28)7-10-25-11-15-14(2)21(22(23)25)31-24(15,4)12-25/h5-7,10,14-15,21-22,27,30H,8-9,11-12H2,1-4H3,(H,26,29)/t14-,15?,21?,22?,23?,24?,25?/m0/s1. The number of nitrogens with one attached hydrogen (secondary N) is 1. The Hall–Kier alpha value is -2.34. The summed E-state index contributed by atoms with van der Waals surface area (Å²) < 4.78 is 6.55. The van der Waals surface area contributed by atoms with Crippen molar-refractivity contribution in [1.29, 1.82) is 0 Å². The molecule has 1 amide bonds. The van der Waals surface area contributed by atoms with Crippen LogP contribution in [0.1, 0.15) is 52.0 Å². The highest BCUT2D eigenvalue weighted by molar-refractivity contribution is 5.98. The normalized spacial score (nSPS) is 42.1. The number of phenols is 2. The number of aryl methyl sites for hydroxylation is 1. The summed E-state index contributed by atoms with van der Waals surface area (Å²) in [4.78, 5) is 25.9. The Labute approximate surface area is 182 Å². The van der Waals surface area contributed by atoms with E-state index >= 15 is 0 Å². The summed E-state index contributed by atoms with van der Waals surface area (Å²) in [6.45, 7) is 8.15. The molecule has 166 valence electrons. The summed E-state index contributed by atoms with van der Waals surface area (Å²) in [6, 6.07) is 3.02. The smallest absolute Gasteiger partial charge is 0.224 e. The predicted molar refractivity (Wildman–Crippen MR) is 116 cm³/mol. The molecule has 2 heterocycles. The quantitative estimate of drug-likeness (QED) is 0.632. The third-order valence-electron chi connectivity index (χ3n) is 8.88. The van der Waals surface area contributed by atoms with Crippen LogP contribution >= 0.6 is 0 Å². The molecule has 3 N–H and O–H groups in total. The lowest BCUT2D eigenvalue weighted by Crippen LogP contribution is -2.58. The first-order valence-corrected chi connectivity index (χ1v) is 11.2. The topological polar surface area (TPSA) is 95.9 Å². The number of rotatable bonds is 4. The van der Waals surface area contributed by atoms with E-state index in [-0.39, 0.29) is 58.3 Å². The highest BCUT2D eigenvalue weighted by Gasteiger charge is 2.73. The maximum absolute atomic E-state index is 13.2. The van der Waals surface area contributed by atoms with Crippen LogP contribution in [0.3, 0.4) is 0 Å². The number of hydrogen-bond donors (Lipinski definition) is 3. The Morgan fingerprint density at radius 2 is 2.03 bits per heavy atom. The summed E-state index contributed by atoms with van der Waals surface area (Å²) in [5, 5.41) is 22.9. The Bertz CT molecular complexity index is 1020. The lowest BCUT2D eigenvalue weighted by Gasteiger charge is -2.56. The minimum atomic E-state index is -0.682. The first-order chi connectivity index (χ1) is 14.5. The molecule has 1 aromatic carbocycles. The number of benzene rings is 1. The van der Waals surface area contributed by atoms with Crippen LogP contribution in [0.25, 0.3) is 0 Å². The Morgan fingerprint density at radius 1 is 1.29 bits per heavy atom. The van der Waals surface area contributed by atoms with Crippen LogP contribution in [0.15, 0.2) is 24.3 Å². The summed E-state index contributed by atoms with van der Waals surface area (Å²) in [5.41, 5.74) is -0.236. The highest BCUT2D eigenvalue weighted by Crippen LogP contribution is 2.73. The molecule has 0 aromatic heterocycles. The summed E-state index contributed by atoms with van der Waals surface area (Å²) in [7, 11) is 0. The number of phenolic OH excluding ortho intramolecular Hbond substituents is 2. The van der Waals surface area contributed by atoms with Gasteiger partial charge in [-0.1, -0.05) is 26.0 Å². The van der Waals surface area contributed by atoms with Crippen molar-refractivity contribution in [2.45, 2.75) is 65.1 Å². The lowest BCUT2D eigenvalue weighted by atomic mass is 9.49. The van der Waals surface area contributed by atoms with Gasteiger partial charge < -0.3 is 20.3 Å². The molecular weight excluding hydrogens is 394 g/mol. The number of ketones is 1.